The minimum absolute atomic E-state index is 0.618. The third-order valence-electron chi connectivity index (χ3n) is 1.78. The topological polar surface area (TPSA) is 44.5 Å². The predicted octanol–water partition coefficient (Wildman–Crippen LogP) is 1.26. The van der Waals surface area contributed by atoms with Gasteiger partial charge in [0.1, 0.15) is 24.1 Å². The summed E-state index contributed by atoms with van der Waals surface area (Å²) in [5, 5.41) is 10.9. The molecule has 0 aliphatic carbocycles. The smallest absolute Gasteiger partial charge is 0.189 e. The van der Waals surface area contributed by atoms with Gasteiger partial charge in [-0.05, 0) is 12.1 Å². The Kier molecular flexibility index (Phi) is 3.34. The molecule has 0 fully saturated rings. The summed E-state index contributed by atoms with van der Waals surface area (Å²) in [5.74, 6) is 1.24. The van der Waals surface area contributed by atoms with Crippen LogP contribution in [0.25, 0.3) is 0 Å². The molecular weight excluding hydrogens is 182 g/mol. The number of hydroxylamine groups is 1. The molecule has 1 aromatic rings. The standard InChI is InChI=1S/C10H13NO3/c1-11(12)7-8-9(13-2)5-4-6-10(8)14-3/h4-7H,1-3H3/b11-7-. The lowest BCUT2D eigenvalue weighted by Gasteiger charge is -2.08. The number of hydrogen-bond donors (Lipinski definition) is 0. The van der Waals surface area contributed by atoms with Gasteiger partial charge in [-0.2, -0.15) is 0 Å². The van der Waals surface area contributed by atoms with Crippen molar-refractivity contribution in [2.75, 3.05) is 21.3 Å². The van der Waals surface area contributed by atoms with Gasteiger partial charge < -0.3 is 14.7 Å². The van der Waals surface area contributed by atoms with Gasteiger partial charge >= 0.3 is 0 Å². The maximum absolute atomic E-state index is 10.9. The summed E-state index contributed by atoms with van der Waals surface area (Å²) < 4.78 is 10.9. The molecule has 0 unspecified atom stereocenters. The monoisotopic (exact) mass is 195 g/mol. The third-order valence-corrected chi connectivity index (χ3v) is 1.78. The second kappa shape index (κ2) is 4.50. The summed E-state index contributed by atoms with van der Waals surface area (Å²) in [6.07, 6.45) is 1.41. The summed E-state index contributed by atoms with van der Waals surface area (Å²) in [7, 11) is 4.51. The fraction of sp³-hybridized carbons (Fsp3) is 0.300. The zero-order chi connectivity index (χ0) is 10.6. The van der Waals surface area contributed by atoms with Crippen molar-refractivity contribution >= 4 is 6.21 Å². The fourth-order valence-corrected chi connectivity index (χ4v) is 1.19. The minimum Gasteiger partial charge on any atom is -0.624 e. The quantitative estimate of drug-likeness (QED) is 0.315. The molecule has 4 nitrogen and oxygen atoms in total. The third kappa shape index (κ3) is 2.16. The first-order valence-corrected chi connectivity index (χ1v) is 4.15. The van der Waals surface area contributed by atoms with Crippen LogP contribution in [0.4, 0.5) is 0 Å². The molecule has 14 heavy (non-hydrogen) atoms. The molecule has 1 aromatic carbocycles. The zero-order valence-electron chi connectivity index (χ0n) is 8.48. The SMILES string of the molecule is COc1cccc(OC)c1/C=[N+](/C)[O-]. The van der Waals surface area contributed by atoms with E-state index in [1.807, 2.05) is 0 Å². The molecule has 0 amide bonds. The Balaban J connectivity index is 3.26. The molecule has 1 rings (SSSR count). The summed E-state index contributed by atoms with van der Waals surface area (Å²) in [6.45, 7) is 0. The molecular formula is C10H13NO3. The van der Waals surface area contributed by atoms with Gasteiger partial charge in [0.05, 0.1) is 14.2 Å². The van der Waals surface area contributed by atoms with Gasteiger partial charge in [0, 0.05) is 0 Å². The molecule has 0 bridgehead atoms. The lowest BCUT2D eigenvalue weighted by molar-refractivity contribution is -0.416. The Morgan fingerprint density at radius 3 is 2.07 bits per heavy atom. The molecule has 0 aliphatic heterocycles. The molecule has 0 heterocycles. The predicted molar refractivity (Wildman–Crippen MR) is 54.3 cm³/mol. The Labute approximate surface area is 83.0 Å². The van der Waals surface area contributed by atoms with Crippen LogP contribution >= 0.6 is 0 Å². The maximum atomic E-state index is 10.9. The van der Waals surface area contributed by atoms with E-state index in [9.17, 15) is 5.21 Å². The van der Waals surface area contributed by atoms with Gasteiger partial charge in [-0.1, -0.05) is 6.07 Å². The van der Waals surface area contributed by atoms with Crippen molar-refractivity contribution in [2.24, 2.45) is 0 Å². The van der Waals surface area contributed by atoms with Crippen molar-refractivity contribution < 1.29 is 14.2 Å². The molecule has 0 atom stereocenters. The first-order chi connectivity index (χ1) is 6.69. The Bertz CT molecular complexity index is 321. The molecule has 0 saturated carbocycles. The van der Waals surface area contributed by atoms with Gasteiger partial charge in [-0.15, -0.1) is 0 Å². The zero-order valence-corrected chi connectivity index (χ0v) is 8.48. The molecule has 4 heteroatoms. The van der Waals surface area contributed by atoms with E-state index < -0.39 is 0 Å². The number of benzene rings is 1. The van der Waals surface area contributed by atoms with Crippen molar-refractivity contribution in [3.63, 3.8) is 0 Å². The largest absolute Gasteiger partial charge is 0.624 e. The van der Waals surface area contributed by atoms with Gasteiger partial charge in [-0.25, -0.2) is 4.74 Å². The highest BCUT2D eigenvalue weighted by atomic mass is 16.5. The average molecular weight is 195 g/mol. The highest BCUT2D eigenvalue weighted by Gasteiger charge is 2.09. The van der Waals surface area contributed by atoms with Crippen molar-refractivity contribution in [3.05, 3.63) is 29.0 Å². The fourth-order valence-electron chi connectivity index (χ4n) is 1.19. The van der Waals surface area contributed by atoms with E-state index in [2.05, 4.69) is 0 Å². The molecule has 0 spiro atoms. The summed E-state index contributed by atoms with van der Waals surface area (Å²) in [6, 6.07) is 5.36. The van der Waals surface area contributed by atoms with Crippen LogP contribution in [-0.4, -0.2) is 32.2 Å². The maximum Gasteiger partial charge on any atom is 0.189 e. The number of hydrogen-bond acceptors (Lipinski definition) is 3. The molecule has 0 N–H and O–H groups in total. The number of rotatable bonds is 3. The minimum atomic E-state index is 0.618. The van der Waals surface area contributed by atoms with Gasteiger partial charge in [0.15, 0.2) is 6.21 Å². The van der Waals surface area contributed by atoms with Crippen molar-refractivity contribution in [2.45, 2.75) is 0 Å². The van der Waals surface area contributed by atoms with Crippen LogP contribution in [0.3, 0.4) is 0 Å². The van der Waals surface area contributed by atoms with Crippen LogP contribution in [-0.2, 0) is 0 Å². The average Bonchev–Trinajstić information content (AvgIpc) is 2.17. The van der Waals surface area contributed by atoms with Crippen LogP contribution < -0.4 is 9.47 Å². The number of ether oxygens (including phenoxy) is 2. The van der Waals surface area contributed by atoms with Crippen LogP contribution in [0.2, 0.25) is 0 Å². The second-order valence-electron chi connectivity index (χ2n) is 2.75. The van der Waals surface area contributed by atoms with Gasteiger partial charge in [0.2, 0.25) is 0 Å². The van der Waals surface area contributed by atoms with Crippen LogP contribution in [0.15, 0.2) is 18.2 Å². The van der Waals surface area contributed by atoms with Crippen molar-refractivity contribution in [1.82, 2.24) is 0 Å². The van der Waals surface area contributed by atoms with Gasteiger partial charge in [-0.3, -0.25) is 0 Å². The van der Waals surface area contributed by atoms with E-state index in [0.717, 1.165) is 0 Å². The van der Waals surface area contributed by atoms with Crippen molar-refractivity contribution in [1.29, 1.82) is 0 Å². The molecule has 0 aromatic heterocycles. The summed E-state index contributed by atoms with van der Waals surface area (Å²) in [4.78, 5) is 0. The highest BCUT2D eigenvalue weighted by Crippen LogP contribution is 2.25. The molecule has 0 aliphatic rings. The van der Waals surface area contributed by atoms with E-state index in [1.165, 1.54) is 13.3 Å². The molecule has 76 valence electrons. The van der Waals surface area contributed by atoms with E-state index >= 15 is 0 Å². The van der Waals surface area contributed by atoms with Crippen LogP contribution in [0, 0.1) is 5.21 Å². The first-order valence-electron chi connectivity index (χ1n) is 4.15. The summed E-state index contributed by atoms with van der Waals surface area (Å²) >= 11 is 0. The van der Waals surface area contributed by atoms with Crippen molar-refractivity contribution in [3.8, 4) is 11.5 Å². The van der Waals surface area contributed by atoms with E-state index in [-0.39, 0.29) is 0 Å². The highest BCUT2D eigenvalue weighted by molar-refractivity contribution is 5.84. The summed E-state index contributed by atoms with van der Waals surface area (Å²) in [5.41, 5.74) is 0.648. The first kappa shape index (κ1) is 10.4. The molecule has 0 radical (unpaired) electrons. The van der Waals surface area contributed by atoms with E-state index in [1.54, 1.807) is 32.4 Å². The second-order valence-corrected chi connectivity index (χ2v) is 2.75. The lowest BCUT2D eigenvalue weighted by Crippen LogP contribution is -2.02. The Morgan fingerprint density at radius 1 is 1.21 bits per heavy atom. The van der Waals surface area contributed by atoms with Gasteiger partial charge in [0.25, 0.3) is 0 Å². The Morgan fingerprint density at radius 2 is 1.71 bits per heavy atom. The van der Waals surface area contributed by atoms with E-state index in [0.29, 0.717) is 21.8 Å². The number of methoxy groups -OCH3 is 2. The molecule has 0 saturated heterocycles. The normalized spacial score (nSPS) is 11.2. The number of nitrogens with zero attached hydrogens (tertiary/aromatic N) is 1. The lowest BCUT2D eigenvalue weighted by atomic mass is 10.2. The van der Waals surface area contributed by atoms with E-state index in [4.69, 9.17) is 9.47 Å². The van der Waals surface area contributed by atoms with Crippen LogP contribution in [0.1, 0.15) is 5.56 Å². The van der Waals surface area contributed by atoms with Crippen LogP contribution in [0.5, 0.6) is 11.5 Å². The Hall–Kier alpha value is -1.71.